The fraction of sp³-hybridized carbons (Fsp3) is 0.320. The maximum atomic E-state index is 13.0. The number of ether oxygens (including phenoxy) is 1. The number of aromatic nitrogens is 1. The van der Waals surface area contributed by atoms with Gasteiger partial charge in [0.1, 0.15) is 18.1 Å². The van der Waals surface area contributed by atoms with Gasteiger partial charge in [0.15, 0.2) is 0 Å². The Kier molecular flexibility index (Phi) is 6.16. The number of benzene rings is 2. The smallest absolute Gasteiger partial charge is 0.272 e. The molecule has 1 saturated heterocycles. The summed E-state index contributed by atoms with van der Waals surface area (Å²) in [5.41, 5.74) is 2.45. The molecule has 0 atom stereocenters. The van der Waals surface area contributed by atoms with Gasteiger partial charge in [-0.1, -0.05) is 30.3 Å². The Labute approximate surface area is 182 Å². The van der Waals surface area contributed by atoms with Gasteiger partial charge in [0.2, 0.25) is 0 Å². The molecule has 4 rings (SSSR count). The van der Waals surface area contributed by atoms with Gasteiger partial charge >= 0.3 is 0 Å². The van der Waals surface area contributed by atoms with E-state index in [1.54, 1.807) is 20.2 Å². The van der Waals surface area contributed by atoms with E-state index in [9.17, 15) is 9.59 Å². The van der Waals surface area contributed by atoms with E-state index in [-0.39, 0.29) is 11.8 Å². The average molecular weight is 418 g/mol. The van der Waals surface area contributed by atoms with Crippen molar-refractivity contribution in [2.24, 2.45) is 0 Å². The highest BCUT2D eigenvalue weighted by Gasteiger charge is 2.23. The summed E-state index contributed by atoms with van der Waals surface area (Å²) in [4.78, 5) is 33.9. The van der Waals surface area contributed by atoms with E-state index in [0.717, 1.165) is 37.9 Å². The Morgan fingerprint density at radius 3 is 2.45 bits per heavy atom. The Morgan fingerprint density at radius 1 is 1.00 bits per heavy atom. The first-order chi connectivity index (χ1) is 15.0. The summed E-state index contributed by atoms with van der Waals surface area (Å²) in [6, 6.07) is 17.0. The van der Waals surface area contributed by atoms with Gasteiger partial charge in [-0.3, -0.25) is 9.59 Å². The lowest BCUT2D eigenvalue weighted by molar-refractivity contribution is 0.0719. The van der Waals surface area contributed by atoms with Crippen molar-refractivity contribution in [1.82, 2.24) is 14.8 Å². The largest absolute Gasteiger partial charge is 0.489 e. The highest BCUT2D eigenvalue weighted by molar-refractivity contribution is 6.08. The lowest BCUT2D eigenvalue weighted by Gasteiger charge is -2.26. The Hall–Kier alpha value is -3.41. The third-order valence-corrected chi connectivity index (χ3v) is 5.53. The quantitative estimate of drug-likeness (QED) is 0.626. The summed E-state index contributed by atoms with van der Waals surface area (Å²) in [5, 5.41) is 0.680. The normalized spacial score (nSPS) is 13.8. The molecule has 0 radical (unpaired) electrons. The van der Waals surface area contributed by atoms with Crippen LogP contribution < -0.4 is 4.74 Å². The van der Waals surface area contributed by atoms with Crippen molar-refractivity contribution in [2.45, 2.75) is 25.9 Å². The zero-order valence-corrected chi connectivity index (χ0v) is 18.0. The van der Waals surface area contributed by atoms with Gasteiger partial charge in [0, 0.05) is 32.6 Å². The van der Waals surface area contributed by atoms with Crippen LogP contribution in [0.5, 0.6) is 5.75 Å². The summed E-state index contributed by atoms with van der Waals surface area (Å²) in [7, 11) is 3.41. The predicted octanol–water partition coefficient (Wildman–Crippen LogP) is 4.14. The average Bonchev–Trinajstić information content (AvgIpc) is 2.82. The van der Waals surface area contributed by atoms with Crippen LogP contribution in [0.4, 0.5) is 0 Å². The monoisotopic (exact) mass is 417 g/mol. The molecule has 3 aromatic rings. The zero-order valence-electron chi connectivity index (χ0n) is 18.0. The van der Waals surface area contributed by atoms with E-state index < -0.39 is 0 Å². The number of rotatable bonds is 5. The first-order valence-electron chi connectivity index (χ1n) is 10.7. The van der Waals surface area contributed by atoms with E-state index in [0.29, 0.717) is 34.5 Å². The van der Waals surface area contributed by atoms with Gasteiger partial charge in [-0.25, -0.2) is 4.98 Å². The highest BCUT2D eigenvalue weighted by atomic mass is 16.5. The third-order valence-electron chi connectivity index (χ3n) is 5.53. The summed E-state index contributed by atoms with van der Waals surface area (Å²) in [6.45, 7) is 1.91. The van der Waals surface area contributed by atoms with Crippen LogP contribution in [-0.4, -0.2) is 53.8 Å². The molecular formula is C25H27N3O3. The van der Waals surface area contributed by atoms with Crippen LogP contribution in [-0.2, 0) is 6.61 Å². The molecule has 160 valence electrons. The van der Waals surface area contributed by atoms with E-state index >= 15 is 0 Å². The van der Waals surface area contributed by atoms with Crippen molar-refractivity contribution in [2.75, 3.05) is 27.2 Å². The second-order valence-electron chi connectivity index (χ2n) is 8.06. The van der Waals surface area contributed by atoms with Gasteiger partial charge in [-0.15, -0.1) is 0 Å². The van der Waals surface area contributed by atoms with Crippen LogP contribution >= 0.6 is 0 Å². The molecule has 1 aliphatic rings. The fourth-order valence-electron chi connectivity index (χ4n) is 3.82. The van der Waals surface area contributed by atoms with E-state index in [1.807, 2.05) is 53.4 Å². The molecular weight excluding hydrogens is 390 g/mol. The van der Waals surface area contributed by atoms with Crippen LogP contribution in [0.1, 0.15) is 45.7 Å². The topological polar surface area (TPSA) is 62.7 Å². The number of hydrogen-bond acceptors (Lipinski definition) is 4. The Balaban J connectivity index is 1.69. The molecule has 2 heterocycles. The van der Waals surface area contributed by atoms with Crippen molar-refractivity contribution < 1.29 is 14.3 Å². The number of amides is 2. The molecule has 1 fully saturated rings. The van der Waals surface area contributed by atoms with E-state index in [1.165, 1.54) is 4.90 Å². The van der Waals surface area contributed by atoms with Gasteiger partial charge < -0.3 is 14.5 Å². The van der Waals surface area contributed by atoms with Gasteiger partial charge in [0.05, 0.1) is 11.1 Å². The number of likely N-dealkylation sites (tertiary alicyclic amines) is 1. The van der Waals surface area contributed by atoms with Crippen molar-refractivity contribution in [3.63, 3.8) is 0 Å². The van der Waals surface area contributed by atoms with Gasteiger partial charge in [-0.2, -0.15) is 0 Å². The van der Waals surface area contributed by atoms with Crippen molar-refractivity contribution in [3.05, 3.63) is 71.4 Å². The van der Waals surface area contributed by atoms with E-state index in [2.05, 4.69) is 4.98 Å². The number of fused-ring (bicyclic) bond motifs is 1. The number of nitrogens with zero attached hydrogens (tertiary/aromatic N) is 3. The fourth-order valence-corrected chi connectivity index (χ4v) is 3.82. The minimum atomic E-state index is -0.166. The molecule has 6 heteroatoms. The van der Waals surface area contributed by atoms with Crippen LogP contribution in [0.3, 0.4) is 0 Å². The summed E-state index contributed by atoms with van der Waals surface area (Å²) in [6.07, 6.45) is 3.15. The van der Waals surface area contributed by atoms with Crippen LogP contribution in [0.2, 0.25) is 0 Å². The Morgan fingerprint density at radius 2 is 1.74 bits per heavy atom. The maximum absolute atomic E-state index is 13.0. The van der Waals surface area contributed by atoms with E-state index in [4.69, 9.17) is 4.74 Å². The molecule has 1 aliphatic heterocycles. The second-order valence-corrected chi connectivity index (χ2v) is 8.06. The van der Waals surface area contributed by atoms with Gasteiger partial charge in [0.25, 0.3) is 11.8 Å². The summed E-state index contributed by atoms with van der Waals surface area (Å²) < 4.78 is 5.94. The molecule has 2 amide bonds. The number of carbonyl (C=O) groups excluding carboxylic acids is 2. The number of piperidine rings is 1. The first-order valence-corrected chi connectivity index (χ1v) is 10.7. The van der Waals surface area contributed by atoms with Crippen molar-refractivity contribution in [3.8, 4) is 5.75 Å². The molecule has 0 aliphatic carbocycles. The van der Waals surface area contributed by atoms with Gasteiger partial charge in [-0.05, 0) is 49.1 Å². The van der Waals surface area contributed by atoms with Crippen LogP contribution in [0.15, 0.2) is 54.6 Å². The second kappa shape index (κ2) is 9.16. The lowest BCUT2D eigenvalue weighted by Crippen LogP contribution is -2.36. The number of carbonyl (C=O) groups is 2. The molecule has 0 unspecified atom stereocenters. The Bertz CT molecular complexity index is 1090. The zero-order chi connectivity index (χ0) is 21.8. The molecule has 0 N–H and O–H groups in total. The van der Waals surface area contributed by atoms with Crippen LogP contribution in [0.25, 0.3) is 10.9 Å². The summed E-state index contributed by atoms with van der Waals surface area (Å²) >= 11 is 0. The number of hydrogen-bond donors (Lipinski definition) is 0. The molecule has 0 bridgehead atoms. The first kappa shape index (κ1) is 20.8. The third kappa shape index (κ3) is 4.68. The van der Waals surface area contributed by atoms with Crippen molar-refractivity contribution >= 4 is 22.7 Å². The maximum Gasteiger partial charge on any atom is 0.272 e. The van der Waals surface area contributed by atoms with Crippen molar-refractivity contribution in [1.29, 1.82) is 0 Å². The number of pyridine rings is 1. The lowest BCUT2D eigenvalue weighted by atomic mass is 10.0. The minimum absolute atomic E-state index is 0.112. The predicted molar refractivity (Wildman–Crippen MR) is 120 cm³/mol. The standard InChI is InChI=1S/C25H27N3O3/c1-27(2)24(29)21-16-23(25(30)28-13-7-4-8-14-28)26-22-12-11-19(15-20(21)22)31-17-18-9-5-3-6-10-18/h3,5-6,9-12,15-16H,4,7-8,13-14,17H2,1-2H3. The highest BCUT2D eigenvalue weighted by Crippen LogP contribution is 2.26. The molecule has 2 aromatic carbocycles. The minimum Gasteiger partial charge on any atom is -0.489 e. The molecule has 0 spiro atoms. The molecule has 0 saturated carbocycles. The molecule has 1 aromatic heterocycles. The van der Waals surface area contributed by atoms with Crippen LogP contribution in [0, 0.1) is 0 Å². The molecule has 6 nitrogen and oxygen atoms in total. The summed E-state index contributed by atoms with van der Waals surface area (Å²) in [5.74, 6) is 0.375. The SMILES string of the molecule is CN(C)C(=O)c1cc(C(=O)N2CCCCC2)nc2ccc(OCc3ccccc3)cc12. The molecule has 31 heavy (non-hydrogen) atoms.